The number of hydrogen-bond donors (Lipinski definition) is 6. The molecular weight excluding hydrogens is 509 g/mol. The van der Waals surface area contributed by atoms with Crippen LogP contribution in [-0.4, -0.2) is 65.2 Å². The number of carbonyl (C=O) groups is 3. The second kappa shape index (κ2) is 18.7. The highest BCUT2D eigenvalue weighted by Gasteiger charge is 2.35. The van der Waals surface area contributed by atoms with E-state index < -0.39 is 17.3 Å². The predicted molar refractivity (Wildman–Crippen MR) is 155 cm³/mol. The highest BCUT2D eigenvalue weighted by atomic mass is 32.2. The fourth-order valence-corrected chi connectivity index (χ4v) is 4.12. The fraction of sp³-hybridized carbons (Fsp3) is 0.667. The number of carbonyl (C=O) groups excluding carboxylic acids is 3. The molecule has 4 amide bonds. The van der Waals surface area contributed by atoms with Crippen LogP contribution in [0.5, 0.6) is 0 Å². The molecule has 218 valence electrons. The van der Waals surface area contributed by atoms with Crippen LogP contribution in [0.15, 0.2) is 18.2 Å². The first kappa shape index (κ1) is 35.5. The molecule has 2 atom stereocenters. The number of benzene rings is 1. The van der Waals surface area contributed by atoms with E-state index in [4.69, 9.17) is 10.8 Å². The van der Waals surface area contributed by atoms with Gasteiger partial charge in [0, 0.05) is 30.5 Å². The number of fused-ring (bicyclic) bond motifs is 1. The normalized spacial score (nSPS) is 17.3. The number of rotatable bonds is 7. The number of amides is 4. The molecule has 0 bridgehead atoms. The molecule has 2 unspecified atom stereocenters. The average molecular weight is 558 g/mol. The molecule has 0 aromatic heterocycles. The van der Waals surface area contributed by atoms with Crippen LogP contribution in [0.1, 0.15) is 78.1 Å². The van der Waals surface area contributed by atoms with Crippen molar-refractivity contribution in [1.29, 1.82) is 0 Å². The Bertz CT molecular complexity index is 854. The first-order chi connectivity index (χ1) is 17.8. The van der Waals surface area contributed by atoms with Gasteiger partial charge in [0.2, 0.25) is 5.91 Å². The zero-order chi connectivity index (χ0) is 29.3. The Morgan fingerprint density at radius 1 is 1.18 bits per heavy atom. The van der Waals surface area contributed by atoms with Gasteiger partial charge in [-0.05, 0) is 44.4 Å². The van der Waals surface area contributed by atoms with Crippen LogP contribution in [0.4, 0.5) is 14.9 Å². The van der Waals surface area contributed by atoms with E-state index >= 15 is 0 Å². The van der Waals surface area contributed by atoms with Crippen LogP contribution in [0.25, 0.3) is 0 Å². The quantitative estimate of drug-likeness (QED) is 0.223. The lowest BCUT2D eigenvalue weighted by molar-refractivity contribution is -0.118. The lowest BCUT2D eigenvalue weighted by Gasteiger charge is -2.23. The average Bonchev–Trinajstić information content (AvgIpc) is 3.42. The predicted octanol–water partition coefficient (Wildman–Crippen LogP) is 3.67. The SMILES string of the molecule is CC(=O)NCCC(C)C.CC(C)(CO)NC(=O)c1ccc(N)c(F)c1.CCCC.O=C1NC2CSCC2N1. The van der Waals surface area contributed by atoms with E-state index in [0.717, 1.165) is 30.5 Å². The molecule has 2 fully saturated rings. The van der Waals surface area contributed by atoms with Crippen molar-refractivity contribution in [3.63, 3.8) is 0 Å². The molecule has 7 N–H and O–H groups in total. The molecule has 2 aliphatic heterocycles. The molecule has 11 heteroatoms. The van der Waals surface area contributed by atoms with Crippen LogP contribution in [0, 0.1) is 11.7 Å². The zero-order valence-corrected chi connectivity index (χ0v) is 24.8. The van der Waals surface area contributed by atoms with Gasteiger partial charge in [0.05, 0.1) is 29.9 Å². The number of halogens is 1. The molecule has 1 aromatic carbocycles. The summed E-state index contributed by atoms with van der Waals surface area (Å²) in [5.41, 5.74) is 4.73. The molecule has 0 aliphatic carbocycles. The standard InChI is InChI=1S/C11H15FN2O2.C7H15NO.C5H8N2OS.C4H10/c1-11(2,6-15)14-10(16)7-3-4-9(13)8(12)5-7;1-6(2)4-5-8-7(3)9;8-5-6-3-1-9-2-4(3)7-5;1-3-4-2/h3-5,15H,6,13H2,1-2H3,(H,14,16);6H,4-5H2,1-3H3,(H,8,9);3-4H,1-2H2,(H2,6,7,8);3-4H2,1-2H3. The van der Waals surface area contributed by atoms with Gasteiger partial charge in [0.25, 0.3) is 5.91 Å². The second-order valence-corrected chi connectivity index (χ2v) is 11.3. The smallest absolute Gasteiger partial charge is 0.315 e. The van der Waals surface area contributed by atoms with Gasteiger partial charge in [0.1, 0.15) is 5.82 Å². The van der Waals surface area contributed by atoms with Crippen LogP contribution < -0.4 is 27.0 Å². The summed E-state index contributed by atoms with van der Waals surface area (Å²) >= 11 is 1.89. The monoisotopic (exact) mass is 557 g/mol. The van der Waals surface area contributed by atoms with Crippen molar-refractivity contribution in [3.8, 4) is 0 Å². The first-order valence-electron chi connectivity index (χ1n) is 13.1. The maximum Gasteiger partial charge on any atom is 0.315 e. The van der Waals surface area contributed by atoms with Crippen molar-refractivity contribution in [2.75, 3.05) is 30.4 Å². The van der Waals surface area contributed by atoms with E-state index in [1.165, 1.54) is 25.0 Å². The molecular formula is C27H48FN5O4S. The minimum Gasteiger partial charge on any atom is -0.396 e. The van der Waals surface area contributed by atoms with Crippen molar-refractivity contribution < 1.29 is 23.9 Å². The van der Waals surface area contributed by atoms with Gasteiger partial charge in [0.15, 0.2) is 0 Å². The van der Waals surface area contributed by atoms with Crippen molar-refractivity contribution in [2.45, 2.75) is 85.4 Å². The summed E-state index contributed by atoms with van der Waals surface area (Å²) < 4.78 is 13.1. The minimum atomic E-state index is -0.741. The molecule has 0 saturated carbocycles. The molecule has 2 heterocycles. The molecule has 1 aromatic rings. The second-order valence-electron chi connectivity index (χ2n) is 10.3. The lowest BCUT2D eigenvalue weighted by Crippen LogP contribution is -2.46. The third kappa shape index (κ3) is 15.7. The van der Waals surface area contributed by atoms with E-state index in [2.05, 4.69) is 49.0 Å². The van der Waals surface area contributed by atoms with Crippen molar-refractivity contribution in [3.05, 3.63) is 29.6 Å². The van der Waals surface area contributed by atoms with Gasteiger partial charge < -0.3 is 32.1 Å². The molecule has 38 heavy (non-hydrogen) atoms. The third-order valence-corrected chi connectivity index (χ3v) is 6.61. The van der Waals surface area contributed by atoms with E-state index in [1.54, 1.807) is 20.8 Å². The number of aliphatic hydroxyl groups is 1. The minimum absolute atomic E-state index is 0.00188. The number of nitrogen functional groups attached to an aromatic ring is 1. The Morgan fingerprint density at radius 2 is 1.74 bits per heavy atom. The number of aliphatic hydroxyl groups excluding tert-OH is 1. The maximum atomic E-state index is 13.1. The summed E-state index contributed by atoms with van der Waals surface area (Å²) in [7, 11) is 0. The van der Waals surface area contributed by atoms with Gasteiger partial charge >= 0.3 is 6.03 Å². The maximum absolute atomic E-state index is 13.1. The zero-order valence-electron chi connectivity index (χ0n) is 23.9. The van der Waals surface area contributed by atoms with Crippen molar-refractivity contribution in [2.24, 2.45) is 5.92 Å². The Labute approximate surface area is 231 Å². The first-order valence-corrected chi connectivity index (χ1v) is 14.3. The summed E-state index contributed by atoms with van der Waals surface area (Å²) in [4.78, 5) is 32.6. The molecule has 3 rings (SSSR count). The number of hydrogen-bond acceptors (Lipinski definition) is 6. The van der Waals surface area contributed by atoms with Crippen LogP contribution in [0.3, 0.4) is 0 Å². The van der Waals surface area contributed by atoms with Crippen molar-refractivity contribution in [1.82, 2.24) is 21.3 Å². The highest BCUT2D eigenvalue weighted by molar-refractivity contribution is 7.99. The van der Waals surface area contributed by atoms with Gasteiger partial charge in [-0.2, -0.15) is 11.8 Å². The molecule has 0 radical (unpaired) electrons. The topological polar surface area (TPSA) is 146 Å². The van der Waals surface area contributed by atoms with Crippen LogP contribution in [-0.2, 0) is 4.79 Å². The largest absolute Gasteiger partial charge is 0.396 e. The molecule has 2 aliphatic rings. The van der Waals surface area contributed by atoms with E-state index in [9.17, 15) is 18.8 Å². The van der Waals surface area contributed by atoms with Gasteiger partial charge in [-0.1, -0.05) is 40.5 Å². The summed E-state index contributed by atoms with van der Waals surface area (Å²) in [5.74, 6) is 1.81. The number of anilines is 1. The van der Waals surface area contributed by atoms with Gasteiger partial charge in [-0.3, -0.25) is 9.59 Å². The van der Waals surface area contributed by atoms with Crippen molar-refractivity contribution >= 4 is 35.3 Å². The van der Waals surface area contributed by atoms with Gasteiger partial charge in [-0.25, -0.2) is 9.18 Å². The Morgan fingerprint density at radius 3 is 2.16 bits per heavy atom. The Kier molecular flexibility index (Phi) is 17.4. The molecule has 0 spiro atoms. The number of urea groups is 1. The summed E-state index contributed by atoms with van der Waals surface area (Å²) in [6, 6.07) is 4.64. The summed E-state index contributed by atoms with van der Waals surface area (Å²) in [5, 5.41) is 20.0. The van der Waals surface area contributed by atoms with E-state index in [0.29, 0.717) is 18.0 Å². The number of nitrogens with one attached hydrogen (secondary N) is 4. The van der Waals surface area contributed by atoms with E-state index in [-0.39, 0.29) is 29.8 Å². The third-order valence-electron chi connectivity index (χ3n) is 5.42. The van der Waals surface area contributed by atoms with Crippen LogP contribution in [0.2, 0.25) is 0 Å². The summed E-state index contributed by atoms with van der Waals surface area (Å²) in [6.07, 6.45) is 3.71. The fourth-order valence-electron chi connectivity index (χ4n) is 2.84. The highest BCUT2D eigenvalue weighted by Crippen LogP contribution is 2.20. The molecule has 9 nitrogen and oxygen atoms in total. The Balaban J connectivity index is 0.000000531. The van der Waals surface area contributed by atoms with Crippen LogP contribution >= 0.6 is 11.8 Å². The number of thioether (sulfide) groups is 1. The lowest BCUT2D eigenvalue weighted by atomic mass is 10.1. The van der Waals surface area contributed by atoms with Gasteiger partial charge in [-0.15, -0.1) is 0 Å². The molecule has 2 saturated heterocycles. The summed E-state index contributed by atoms with van der Waals surface area (Å²) in [6.45, 7) is 14.1. The number of unbranched alkanes of at least 4 members (excludes halogenated alkanes) is 1. The Hall–Kier alpha value is -2.53. The number of nitrogens with two attached hydrogens (primary N) is 1. The van der Waals surface area contributed by atoms with E-state index in [1.807, 2.05) is 11.8 Å².